The van der Waals surface area contributed by atoms with E-state index in [1.807, 2.05) is 7.05 Å². The number of hydrogen-bond acceptors (Lipinski definition) is 3. The van der Waals surface area contributed by atoms with E-state index in [0.29, 0.717) is 11.8 Å². The van der Waals surface area contributed by atoms with Gasteiger partial charge in [-0.25, -0.2) is 9.97 Å². The van der Waals surface area contributed by atoms with E-state index in [-0.39, 0.29) is 0 Å². The van der Waals surface area contributed by atoms with Crippen LogP contribution in [0.3, 0.4) is 0 Å². The zero-order valence-corrected chi connectivity index (χ0v) is 13.5. The quantitative estimate of drug-likeness (QED) is 0.829. The van der Waals surface area contributed by atoms with E-state index in [1.165, 1.54) is 5.69 Å². The van der Waals surface area contributed by atoms with Gasteiger partial charge in [0.15, 0.2) is 0 Å². The molecule has 0 fully saturated rings. The average molecular weight is 347 g/mol. The van der Waals surface area contributed by atoms with Gasteiger partial charge in [-0.2, -0.15) is 0 Å². The van der Waals surface area contributed by atoms with E-state index in [9.17, 15) is 0 Å². The Bertz CT molecular complexity index is 375. The highest BCUT2D eigenvalue weighted by atomic mass is 127. The number of halogens is 1. The second-order valence-electron chi connectivity index (χ2n) is 5.20. The van der Waals surface area contributed by atoms with Crippen LogP contribution in [0.4, 0.5) is 5.82 Å². The molecule has 4 heteroatoms. The van der Waals surface area contributed by atoms with E-state index in [0.717, 1.165) is 28.1 Å². The molecule has 0 saturated carbocycles. The lowest BCUT2D eigenvalue weighted by Crippen LogP contribution is -2.11. The number of nitrogens with one attached hydrogen (secondary N) is 1. The fraction of sp³-hybridized carbons (Fsp3) is 0.692. The summed E-state index contributed by atoms with van der Waals surface area (Å²) in [6, 6.07) is 0. The second-order valence-corrected chi connectivity index (χ2v) is 6.27. The highest BCUT2D eigenvalue weighted by Crippen LogP contribution is 2.22. The summed E-state index contributed by atoms with van der Waals surface area (Å²) in [5, 5.41) is 3.16. The molecule has 0 aliphatic rings. The molecule has 0 unspecified atom stereocenters. The lowest BCUT2D eigenvalue weighted by molar-refractivity contribution is 0.599. The Hall–Kier alpha value is -0.390. The van der Waals surface area contributed by atoms with Gasteiger partial charge in [-0.15, -0.1) is 0 Å². The van der Waals surface area contributed by atoms with Crippen LogP contribution >= 0.6 is 22.6 Å². The molecule has 1 aromatic heterocycles. The molecule has 0 aliphatic heterocycles. The minimum Gasteiger partial charge on any atom is -0.372 e. The third kappa shape index (κ3) is 4.41. The Morgan fingerprint density at radius 2 is 1.65 bits per heavy atom. The molecule has 0 aliphatic carbocycles. The summed E-state index contributed by atoms with van der Waals surface area (Å²) in [5.74, 6) is 3.13. The molecule has 1 aromatic rings. The molecule has 0 saturated heterocycles. The first-order valence-corrected chi connectivity index (χ1v) is 7.25. The topological polar surface area (TPSA) is 37.8 Å². The van der Waals surface area contributed by atoms with Crippen molar-refractivity contribution in [2.75, 3.05) is 12.4 Å². The molecule has 0 spiro atoms. The van der Waals surface area contributed by atoms with Crippen LogP contribution in [0.25, 0.3) is 0 Å². The van der Waals surface area contributed by atoms with Crippen molar-refractivity contribution in [3.8, 4) is 0 Å². The summed E-state index contributed by atoms with van der Waals surface area (Å²) < 4.78 is 1.16. The molecule has 1 N–H and O–H groups in total. The summed E-state index contributed by atoms with van der Waals surface area (Å²) >= 11 is 2.34. The molecule has 17 heavy (non-hydrogen) atoms. The van der Waals surface area contributed by atoms with Crippen LogP contribution in [-0.2, 0) is 12.8 Å². The summed E-state index contributed by atoms with van der Waals surface area (Å²) in [5.41, 5.74) is 1.18. The maximum atomic E-state index is 4.70. The Labute approximate surface area is 118 Å². The normalized spacial score (nSPS) is 11.3. The van der Waals surface area contributed by atoms with Gasteiger partial charge in [0.2, 0.25) is 0 Å². The van der Waals surface area contributed by atoms with Crippen LogP contribution < -0.4 is 5.32 Å². The molecule has 1 heterocycles. The van der Waals surface area contributed by atoms with Crippen molar-refractivity contribution in [3.63, 3.8) is 0 Å². The zero-order chi connectivity index (χ0) is 13.0. The number of anilines is 1. The highest BCUT2D eigenvalue weighted by Gasteiger charge is 2.13. The molecule has 0 bridgehead atoms. The fourth-order valence-electron chi connectivity index (χ4n) is 1.69. The first-order chi connectivity index (χ1) is 7.93. The van der Waals surface area contributed by atoms with Gasteiger partial charge >= 0.3 is 0 Å². The van der Waals surface area contributed by atoms with E-state index in [1.54, 1.807) is 0 Å². The maximum Gasteiger partial charge on any atom is 0.143 e. The predicted octanol–water partition coefficient (Wildman–Crippen LogP) is 3.52. The van der Waals surface area contributed by atoms with Crippen LogP contribution in [0.15, 0.2) is 0 Å². The van der Waals surface area contributed by atoms with E-state index in [4.69, 9.17) is 4.98 Å². The average Bonchev–Trinajstić information content (AvgIpc) is 2.21. The third-order valence-electron chi connectivity index (χ3n) is 2.40. The van der Waals surface area contributed by atoms with Crippen molar-refractivity contribution in [3.05, 3.63) is 15.1 Å². The number of hydrogen-bond donors (Lipinski definition) is 1. The SMILES string of the molecule is CNc1nc(CC(C)C)nc(CC(C)C)c1I. The number of aromatic nitrogens is 2. The zero-order valence-electron chi connectivity index (χ0n) is 11.3. The van der Waals surface area contributed by atoms with Crippen LogP contribution in [0.1, 0.15) is 39.2 Å². The van der Waals surface area contributed by atoms with Crippen LogP contribution in [0, 0.1) is 15.4 Å². The van der Waals surface area contributed by atoms with Gasteiger partial charge in [-0.1, -0.05) is 27.7 Å². The van der Waals surface area contributed by atoms with E-state index in [2.05, 4.69) is 60.6 Å². The smallest absolute Gasteiger partial charge is 0.143 e. The Kier molecular flexibility index (Phi) is 5.62. The molecular weight excluding hydrogens is 325 g/mol. The maximum absolute atomic E-state index is 4.70. The van der Waals surface area contributed by atoms with Gasteiger partial charge in [0.05, 0.1) is 9.26 Å². The van der Waals surface area contributed by atoms with Crippen molar-refractivity contribution in [1.82, 2.24) is 9.97 Å². The molecule has 96 valence electrons. The van der Waals surface area contributed by atoms with Crippen molar-refractivity contribution in [2.24, 2.45) is 11.8 Å². The minimum absolute atomic E-state index is 0.590. The fourth-order valence-corrected chi connectivity index (χ4v) is 2.42. The van der Waals surface area contributed by atoms with Gasteiger partial charge in [0.25, 0.3) is 0 Å². The predicted molar refractivity (Wildman–Crippen MR) is 81.4 cm³/mol. The largest absolute Gasteiger partial charge is 0.372 e. The molecule has 0 radical (unpaired) electrons. The molecule has 0 aromatic carbocycles. The number of nitrogens with zero attached hydrogens (tertiary/aromatic N) is 2. The van der Waals surface area contributed by atoms with Crippen molar-refractivity contribution in [2.45, 2.75) is 40.5 Å². The Morgan fingerprint density at radius 1 is 1.06 bits per heavy atom. The van der Waals surface area contributed by atoms with Gasteiger partial charge in [0.1, 0.15) is 11.6 Å². The minimum atomic E-state index is 0.590. The van der Waals surface area contributed by atoms with Gasteiger partial charge in [-0.05, 0) is 40.8 Å². The highest BCUT2D eigenvalue weighted by molar-refractivity contribution is 14.1. The molecule has 0 atom stereocenters. The summed E-state index contributed by atoms with van der Waals surface area (Å²) in [6.45, 7) is 8.84. The first-order valence-electron chi connectivity index (χ1n) is 6.17. The molecular formula is C13H22IN3. The van der Waals surface area contributed by atoms with Crippen molar-refractivity contribution < 1.29 is 0 Å². The first kappa shape index (κ1) is 14.7. The van der Waals surface area contributed by atoms with Crippen molar-refractivity contribution in [1.29, 1.82) is 0 Å². The van der Waals surface area contributed by atoms with E-state index < -0.39 is 0 Å². The monoisotopic (exact) mass is 347 g/mol. The van der Waals surface area contributed by atoms with Gasteiger partial charge in [-0.3, -0.25) is 0 Å². The van der Waals surface area contributed by atoms with Crippen molar-refractivity contribution >= 4 is 28.4 Å². The summed E-state index contributed by atoms with van der Waals surface area (Å²) in [7, 11) is 1.92. The third-order valence-corrected chi connectivity index (χ3v) is 3.53. The van der Waals surface area contributed by atoms with Gasteiger partial charge < -0.3 is 5.32 Å². The standard InChI is InChI=1S/C13H22IN3/c1-8(2)6-10-12(14)13(15-5)17-11(16-10)7-9(3)4/h8-9H,6-7H2,1-5H3,(H,15,16,17). The van der Waals surface area contributed by atoms with Crippen LogP contribution in [0.5, 0.6) is 0 Å². The summed E-state index contributed by atoms with van der Waals surface area (Å²) in [4.78, 5) is 9.27. The molecule has 0 amide bonds. The van der Waals surface area contributed by atoms with Crippen LogP contribution in [0.2, 0.25) is 0 Å². The Morgan fingerprint density at radius 3 is 2.12 bits per heavy atom. The lowest BCUT2D eigenvalue weighted by atomic mass is 10.1. The molecule has 3 nitrogen and oxygen atoms in total. The summed E-state index contributed by atoms with van der Waals surface area (Å²) in [6.07, 6.45) is 1.96. The molecule has 1 rings (SSSR count). The van der Waals surface area contributed by atoms with Crippen LogP contribution in [-0.4, -0.2) is 17.0 Å². The van der Waals surface area contributed by atoms with Gasteiger partial charge in [0, 0.05) is 13.5 Å². The lowest BCUT2D eigenvalue weighted by Gasteiger charge is -2.13. The second kappa shape index (κ2) is 6.52. The number of rotatable bonds is 5. The van der Waals surface area contributed by atoms with E-state index >= 15 is 0 Å². The Balaban J connectivity index is 3.09.